The maximum atomic E-state index is 12.4. The third kappa shape index (κ3) is 6.34. The molecule has 0 radical (unpaired) electrons. The summed E-state index contributed by atoms with van der Waals surface area (Å²) in [7, 11) is 1.58. The van der Waals surface area contributed by atoms with Crippen LogP contribution >= 0.6 is 0 Å². The van der Waals surface area contributed by atoms with Gasteiger partial charge in [-0.3, -0.25) is 4.79 Å². The first-order valence-electron chi connectivity index (χ1n) is 11.0. The molecule has 0 bridgehead atoms. The number of nitrogens with zero attached hydrogens (tertiary/aromatic N) is 1. The smallest absolute Gasteiger partial charge is 0.251 e. The van der Waals surface area contributed by atoms with Crippen LogP contribution in [-0.4, -0.2) is 48.1 Å². The van der Waals surface area contributed by atoms with E-state index in [1.807, 2.05) is 36.4 Å². The molecule has 1 aliphatic heterocycles. The molecule has 3 atom stereocenters. The van der Waals surface area contributed by atoms with Crippen molar-refractivity contribution >= 4 is 5.91 Å². The Hall–Kier alpha value is -3.36. The highest BCUT2D eigenvalue weighted by molar-refractivity contribution is 5.94. The largest absolute Gasteiger partial charge is 0.497 e. The zero-order chi connectivity index (χ0) is 23.0. The molecule has 33 heavy (non-hydrogen) atoms. The second-order valence-electron chi connectivity index (χ2n) is 7.97. The lowest BCUT2D eigenvalue weighted by molar-refractivity contribution is -0.114. The Labute approximate surface area is 192 Å². The topological polar surface area (TPSA) is 103 Å². The highest BCUT2D eigenvalue weighted by Gasteiger charge is 2.31. The van der Waals surface area contributed by atoms with Crippen molar-refractivity contribution < 1.29 is 28.6 Å². The van der Waals surface area contributed by atoms with Crippen LogP contribution in [0.15, 0.2) is 65.2 Å². The van der Waals surface area contributed by atoms with Crippen molar-refractivity contribution in [2.75, 3.05) is 13.7 Å². The zero-order valence-electron chi connectivity index (χ0n) is 18.5. The van der Waals surface area contributed by atoms with Gasteiger partial charge in [-0.05, 0) is 49.2 Å². The van der Waals surface area contributed by atoms with Gasteiger partial charge in [0, 0.05) is 24.6 Å². The van der Waals surface area contributed by atoms with Gasteiger partial charge >= 0.3 is 0 Å². The summed E-state index contributed by atoms with van der Waals surface area (Å²) < 4.78 is 22.2. The molecule has 174 valence electrons. The number of carbonyl (C=O) groups excluding carboxylic acids is 1. The fraction of sp³-hybridized carbons (Fsp3) is 0.360. The number of methoxy groups -OCH3 is 1. The number of amides is 1. The molecule has 2 aromatic carbocycles. The third-order valence-electron chi connectivity index (χ3n) is 5.57. The Morgan fingerprint density at radius 3 is 2.67 bits per heavy atom. The number of aliphatic hydroxyl groups is 1. The Morgan fingerprint density at radius 2 is 1.91 bits per heavy atom. The summed E-state index contributed by atoms with van der Waals surface area (Å²) in [6, 6.07) is 18.2. The molecule has 1 saturated heterocycles. The average Bonchev–Trinajstić information content (AvgIpc) is 3.30. The molecule has 1 amide bonds. The Morgan fingerprint density at radius 1 is 1.12 bits per heavy atom. The van der Waals surface area contributed by atoms with Crippen LogP contribution in [-0.2, 0) is 17.8 Å². The number of benzene rings is 2. The van der Waals surface area contributed by atoms with E-state index in [1.165, 1.54) is 0 Å². The summed E-state index contributed by atoms with van der Waals surface area (Å²) in [6.45, 7) is 0.513. The molecule has 2 heterocycles. The highest BCUT2D eigenvalue weighted by atomic mass is 16.5. The second-order valence-corrected chi connectivity index (χ2v) is 7.97. The molecular formula is C25H28N2O6. The van der Waals surface area contributed by atoms with Crippen LogP contribution in [0.3, 0.4) is 0 Å². The SMILES string of the molecule is COc1ccc(C(=O)NCC2OC(Cc3cc(COc4ccccc4)on3)CCC2O)cc1. The normalized spacial score (nSPS) is 20.2. The minimum Gasteiger partial charge on any atom is -0.497 e. The van der Waals surface area contributed by atoms with Gasteiger partial charge in [0.2, 0.25) is 0 Å². The molecular weight excluding hydrogens is 424 g/mol. The monoisotopic (exact) mass is 452 g/mol. The molecule has 0 spiro atoms. The van der Waals surface area contributed by atoms with Crippen molar-refractivity contribution in [1.29, 1.82) is 0 Å². The molecule has 0 saturated carbocycles. The average molecular weight is 453 g/mol. The van der Waals surface area contributed by atoms with Gasteiger partial charge in [0.15, 0.2) is 5.76 Å². The predicted molar refractivity (Wildman–Crippen MR) is 120 cm³/mol. The number of hydrogen-bond acceptors (Lipinski definition) is 7. The molecule has 1 aromatic heterocycles. The summed E-state index contributed by atoms with van der Waals surface area (Å²) in [5, 5.41) is 17.3. The van der Waals surface area contributed by atoms with Gasteiger partial charge in [0.1, 0.15) is 24.2 Å². The van der Waals surface area contributed by atoms with Crippen molar-refractivity contribution in [3.05, 3.63) is 77.7 Å². The number of aromatic nitrogens is 1. The molecule has 1 fully saturated rings. The van der Waals surface area contributed by atoms with Crippen LogP contribution in [0.4, 0.5) is 0 Å². The molecule has 1 aliphatic rings. The summed E-state index contributed by atoms with van der Waals surface area (Å²) >= 11 is 0. The van der Waals surface area contributed by atoms with Gasteiger partial charge in [-0.15, -0.1) is 0 Å². The standard InChI is InChI=1S/C25H28N2O6/c1-30-19-9-7-17(8-10-19)25(29)26-15-24-23(28)12-11-21(32-24)13-18-14-22(33-27-18)16-31-20-5-3-2-4-6-20/h2-10,14,21,23-24,28H,11-13,15-16H2,1H3,(H,26,29). The Kier molecular flexibility index (Phi) is 7.59. The summed E-state index contributed by atoms with van der Waals surface area (Å²) in [6.07, 6.45) is 0.611. The number of ether oxygens (including phenoxy) is 3. The quantitative estimate of drug-likeness (QED) is 0.514. The first kappa shape index (κ1) is 22.8. The molecule has 8 heteroatoms. The van der Waals surface area contributed by atoms with Gasteiger partial charge in [-0.1, -0.05) is 23.4 Å². The molecule has 2 N–H and O–H groups in total. The van der Waals surface area contributed by atoms with Crippen LogP contribution in [0, 0.1) is 0 Å². The van der Waals surface area contributed by atoms with Gasteiger partial charge in [0.25, 0.3) is 5.91 Å². The van der Waals surface area contributed by atoms with E-state index in [0.717, 1.165) is 11.4 Å². The highest BCUT2D eigenvalue weighted by Crippen LogP contribution is 2.23. The van der Waals surface area contributed by atoms with Crippen molar-refractivity contribution in [2.24, 2.45) is 0 Å². The summed E-state index contributed by atoms with van der Waals surface area (Å²) in [4.78, 5) is 12.4. The molecule has 4 rings (SSSR count). The lowest BCUT2D eigenvalue weighted by atomic mass is 9.98. The van der Waals surface area contributed by atoms with Gasteiger partial charge in [-0.25, -0.2) is 0 Å². The summed E-state index contributed by atoms with van der Waals surface area (Å²) in [5.41, 5.74) is 1.29. The molecule has 3 unspecified atom stereocenters. The van der Waals surface area contributed by atoms with Crippen LogP contribution in [0.25, 0.3) is 0 Å². The maximum Gasteiger partial charge on any atom is 0.251 e. The van der Waals surface area contributed by atoms with Crippen molar-refractivity contribution in [3.8, 4) is 11.5 Å². The number of para-hydroxylation sites is 1. The third-order valence-corrected chi connectivity index (χ3v) is 5.57. The van der Waals surface area contributed by atoms with E-state index in [4.69, 9.17) is 18.7 Å². The van der Waals surface area contributed by atoms with Crippen molar-refractivity contribution in [1.82, 2.24) is 10.5 Å². The van der Waals surface area contributed by atoms with E-state index < -0.39 is 12.2 Å². The van der Waals surface area contributed by atoms with Crippen LogP contribution in [0.2, 0.25) is 0 Å². The first-order chi connectivity index (χ1) is 16.1. The lowest BCUT2D eigenvalue weighted by Crippen LogP contribution is -2.46. The maximum absolute atomic E-state index is 12.4. The van der Waals surface area contributed by atoms with E-state index in [2.05, 4.69) is 10.5 Å². The fourth-order valence-electron chi connectivity index (χ4n) is 3.74. The van der Waals surface area contributed by atoms with Crippen LogP contribution < -0.4 is 14.8 Å². The Balaban J connectivity index is 1.26. The number of rotatable bonds is 9. The van der Waals surface area contributed by atoms with E-state index in [1.54, 1.807) is 31.4 Å². The number of nitrogens with one attached hydrogen (secondary N) is 1. The van der Waals surface area contributed by atoms with E-state index in [0.29, 0.717) is 42.9 Å². The summed E-state index contributed by atoms with van der Waals surface area (Å²) in [5.74, 6) is 1.85. The van der Waals surface area contributed by atoms with Gasteiger partial charge in [-0.2, -0.15) is 0 Å². The number of carbonyl (C=O) groups is 1. The minimum atomic E-state index is -0.635. The Bertz CT molecular complexity index is 1020. The van der Waals surface area contributed by atoms with Crippen molar-refractivity contribution in [2.45, 2.75) is 44.2 Å². The zero-order valence-corrected chi connectivity index (χ0v) is 18.5. The van der Waals surface area contributed by atoms with E-state index in [9.17, 15) is 9.90 Å². The van der Waals surface area contributed by atoms with Crippen LogP contribution in [0.5, 0.6) is 11.5 Å². The first-order valence-corrected chi connectivity index (χ1v) is 11.0. The fourth-order valence-corrected chi connectivity index (χ4v) is 3.74. The second kappa shape index (κ2) is 11.0. The van der Waals surface area contributed by atoms with Crippen LogP contribution in [0.1, 0.15) is 34.7 Å². The lowest BCUT2D eigenvalue weighted by Gasteiger charge is -2.33. The van der Waals surface area contributed by atoms with Gasteiger partial charge in [0.05, 0.1) is 25.0 Å². The predicted octanol–water partition coefficient (Wildman–Crippen LogP) is 3.14. The molecule has 0 aliphatic carbocycles. The minimum absolute atomic E-state index is 0.121. The van der Waals surface area contributed by atoms with E-state index in [-0.39, 0.29) is 18.6 Å². The molecule has 3 aromatic rings. The van der Waals surface area contributed by atoms with Crippen molar-refractivity contribution in [3.63, 3.8) is 0 Å². The molecule has 8 nitrogen and oxygen atoms in total. The number of aliphatic hydroxyl groups excluding tert-OH is 1. The van der Waals surface area contributed by atoms with Gasteiger partial charge < -0.3 is 29.2 Å². The number of hydrogen-bond donors (Lipinski definition) is 2. The van der Waals surface area contributed by atoms with E-state index >= 15 is 0 Å².